The van der Waals surface area contributed by atoms with E-state index in [1.165, 1.54) is 23.6 Å². The summed E-state index contributed by atoms with van der Waals surface area (Å²) >= 11 is 0. The number of nitrogens with two attached hydrogens (primary N) is 1. The van der Waals surface area contributed by atoms with Crippen LogP contribution in [0.25, 0.3) is 22.3 Å². The number of aliphatic hydroxyl groups excluding tert-OH is 1. The molecule has 0 fully saturated rings. The highest BCUT2D eigenvalue weighted by Crippen LogP contribution is 2.37. The number of pyridine rings is 2. The first-order chi connectivity index (χ1) is 14.3. The highest BCUT2D eigenvalue weighted by atomic mass is 16.4. The van der Waals surface area contributed by atoms with Gasteiger partial charge in [0, 0.05) is 34.2 Å². The summed E-state index contributed by atoms with van der Waals surface area (Å²) in [5.41, 5.74) is 5.19. The number of phenols is 1. The molecule has 3 heterocycles. The Morgan fingerprint density at radius 2 is 2.03 bits per heavy atom. The Morgan fingerprint density at radius 1 is 1.30 bits per heavy atom. The van der Waals surface area contributed by atoms with Gasteiger partial charge in [-0.3, -0.25) is 4.79 Å². The molecule has 0 bridgehead atoms. The fraction of sp³-hybridized carbons (Fsp3) is 0.286. The van der Waals surface area contributed by atoms with Crippen molar-refractivity contribution in [2.24, 2.45) is 5.73 Å². The second-order valence-electron chi connectivity index (χ2n) is 7.32. The van der Waals surface area contributed by atoms with E-state index in [4.69, 9.17) is 5.73 Å². The Bertz CT molecular complexity index is 1270. The van der Waals surface area contributed by atoms with Crippen LogP contribution in [0.3, 0.4) is 0 Å². The van der Waals surface area contributed by atoms with E-state index >= 15 is 0 Å². The largest absolute Gasteiger partial charge is 0.508 e. The summed E-state index contributed by atoms with van der Waals surface area (Å²) in [5, 5.41) is 40.8. The summed E-state index contributed by atoms with van der Waals surface area (Å²) in [7, 11) is 0. The Hall–Kier alpha value is -3.27. The third-order valence-corrected chi connectivity index (χ3v) is 5.81. The second kappa shape index (κ2) is 6.91. The summed E-state index contributed by atoms with van der Waals surface area (Å²) in [5.74, 6) is -1.45. The summed E-state index contributed by atoms with van der Waals surface area (Å²) in [6, 6.07) is 6.34. The van der Waals surface area contributed by atoms with Gasteiger partial charge in [0.2, 0.25) is 0 Å². The molecule has 1 aromatic carbocycles. The minimum Gasteiger partial charge on any atom is -0.508 e. The van der Waals surface area contributed by atoms with Crippen molar-refractivity contribution in [2.75, 3.05) is 0 Å². The van der Waals surface area contributed by atoms with Crippen molar-refractivity contribution in [3.05, 3.63) is 56.9 Å². The van der Waals surface area contributed by atoms with Gasteiger partial charge >= 0.3 is 5.97 Å². The molecule has 156 valence electrons. The average Bonchev–Trinajstić information content (AvgIpc) is 3.09. The van der Waals surface area contributed by atoms with E-state index in [2.05, 4.69) is 4.98 Å². The van der Waals surface area contributed by atoms with Crippen molar-refractivity contribution in [1.82, 2.24) is 9.55 Å². The zero-order valence-corrected chi connectivity index (χ0v) is 16.2. The standard InChI is InChI=1S/C21H21N3O6/c1-2-21(30,20(28)29)14-6-16-18-10(8-24(16)19(27)13(14)9-25)5-11-12(7-22)17(26)4-3-15(11)23-18/h3-6,25-26,30H,2,7-9,22H2,1H3,(H,28,29)/t21-/m0/s1. The predicted octanol–water partition coefficient (Wildman–Crippen LogP) is 0.764. The Labute approximate surface area is 170 Å². The number of hydrogen-bond donors (Lipinski definition) is 5. The number of benzene rings is 1. The minimum absolute atomic E-state index is 0.0544. The highest BCUT2D eigenvalue weighted by molar-refractivity contribution is 5.89. The fourth-order valence-corrected chi connectivity index (χ4v) is 4.08. The lowest BCUT2D eigenvalue weighted by Crippen LogP contribution is -2.39. The molecule has 4 rings (SSSR count). The SMILES string of the molecule is CC[C@@](O)(C(=O)O)c1cc2n(c(=O)c1CO)Cc1cc3c(CN)c(O)ccc3nc1-2. The van der Waals surface area contributed by atoms with Crippen molar-refractivity contribution in [3.8, 4) is 17.1 Å². The number of carboxylic acid groups (broad SMARTS) is 1. The number of aromatic hydroxyl groups is 1. The third-order valence-electron chi connectivity index (χ3n) is 5.81. The monoisotopic (exact) mass is 411 g/mol. The summed E-state index contributed by atoms with van der Waals surface area (Å²) < 4.78 is 1.39. The lowest BCUT2D eigenvalue weighted by Gasteiger charge is -2.25. The molecule has 3 aromatic rings. The molecule has 1 aliphatic rings. The number of fused-ring (bicyclic) bond motifs is 4. The smallest absolute Gasteiger partial charge is 0.340 e. The maximum absolute atomic E-state index is 13.0. The van der Waals surface area contributed by atoms with Gasteiger partial charge in [0.1, 0.15) is 5.75 Å². The van der Waals surface area contributed by atoms with Crippen LogP contribution in [0.2, 0.25) is 0 Å². The van der Waals surface area contributed by atoms with Gasteiger partial charge in [0.25, 0.3) is 5.56 Å². The molecule has 1 atom stereocenters. The van der Waals surface area contributed by atoms with Crippen LogP contribution in [0.5, 0.6) is 5.75 Å². The van der Waals surface area contributed by atoms with Crippen molar-refractivity contribution in [3.63, 3.8) is 0 Å². The van der Waals surface area contributed by atoms with Gasteiger partial charge < -0.3 is 30.7 Å². The first-order valence-corrected chi connectivity index (χ1v) is 9.45. The van der Waals surface area contributed by atoms with Crippen LogP contribution in [0, 0.1) is 0 Å². The van der Waals surface area contributed by atoms with Crippen molar-refractivity contribution in [2.45, 2.75) is 38.6 Å². The number of aliphatic hydroxyl groups is 2. The van der Waals surface area contributed by atoms with E-state index in [0.717, 1.165) is 0 Å². The zero-order chi connectivity index (χ0) is 21.8. The molecule has 0 spiro atoms. The second-order valence-corrected chi connectivity index (χ2v) is 7.32. The number of rotatable bonds is 5. The van der Waals surface area contributed by atoms with Crippen LogP contribution >= 0.6 is 0 Å². The third kappa shape index (κ3) is 2.63. The van der Waals surface area contributed by atoms with Gasteiger partial charge in [0.15, 0.2) is 5.60 Å². The van der Waals surface area contributed by atoms with E-state index in [1.807, 2.05) is 0 Å². The van der Waals surface area contributed by atoms with Crippen molar-refractivity contribution >= 4 is 16.9 Å². The number of nitrogens with zero attached hydrogens (tertiary/aromatic N) is 2. The molecule has 0 amide bonds. The van der Waals surface area contributed by atoms with Crippen LogP contribution in [0.15, 0.2) is 29.1 Å². The maximum atomic E-state index is 13.0. The van der Waals surface area contributed by atoms with Gasteiger partial charge in [-0.05, 0) is 30.7 Å². The lowest BCUT2D eigenvalue weighted by molar-refractivity contribution is -0.160. The average molecular weight is 411 g/mol. The highest BCUT2D eigenvalue weighted by Gasteiger charge is 2.40. The van der Waals surface area contributed by atoms with Gasteiger partial charge in [-0.1, -0.05) is 6.92 Å². The van der Waals surface area contributed by atoms with E-state index < -0.39 is 23.7 Å². The van der Waals surface area contributed by atoms with Crippen LogP contribution in [-0.4, -0.2) is 35.9 Å². The Kier molecular flexibility index (Phi) is 4.61. The van der Waals surface area contributed by atoms with Gasteiger partial charge in [0.05, 0.1) is 30.1 Å². The molecule has 6 N–H and O–H groups in total. The summed E-state index contributed by atoms with van der Waals surface area (Å²) in [4.78, 5) is 29.4. The number of aliphatic carboxylic acids is 1. The molecule has 1 aliphatic heterocycles. The molecule has 0 radical (unpaired) electrons. The summed E-state index contributed by atoms with van der Waals surface area (Å²) in [6.07, 6.45) is -0.185. The maximum Gasteiger partial charge on any atom is 0.340 e. The molecule has 9 nitrogen and oxygen atoms in total. The van der Waals surface area contributed by atoms with E-state index in [9.17, 15) is 30.0 Å². The Balaban J connectivity index is 2.03. The topological polar surface area (TPSA) is 159 Å². The van der Waals surface area contributed by atoms with E-state index in [0.29, 0.717) is 33.4 Å². The molecule has 9 heteroatoms. The summed E-state index contributed by atoms with van der Waals surface area (Å²) in [6.45, 7) is 1.05. The molecule has 30 heavy (non-hydrogen) atoms. The normalized spacial score (nSPS) is 14.4. The van der Waals surface area contributed by atoms with Crippen molar-refractivity contribution in [1.29, 1.82) is 0 Å². The van der Waals surface area contributed by atoms with Crippen LogP contribution in [0.1, 0.15) is 35.6 Å². The van der Waals surface area contributed by atoms with Gasteiger partial charge in [-0.15, -0.1) is 0 Å². The molecule has 2 aromatic heterocycles. The van der Waals surface area contributed by atoms with Crippen molar-refractivity contribution < 1.29 is 25.2 Å². The molecule has 0 aliphatic carbocycles. The van der Waals surface area contributed by atoms with E-state index in [-0.39, 0.29) is 36.4 Å². The molecule has 0 saturated heterocycles. The molecule has 0 unspecified atom stereocenters. The van der Waals surface area contributed by atoms with Crippen LogP contribution in [-0.2, 0) is 30.1 Å². The first-order valence-electron chi connectivity index (χ1n) is 9.45. The number of carbonyl (C=O) groups is 1. The number of phenolic OH excluding ortho intramolecular Hbond substituents is 1. The minimum atomic E-state index is -2.31. The number of carboxylic acids is 1. The van der Waals surface area contributed by atoms with Gasteiger partial charge in [-0.25, -0.2) is 9.78 Å². The fourth-order valence-electron chi connectivity index (χ4n) is 4.08. The van der Waals surface area contributed by atoms with E-state index in [1.54, 1.807) is 12.1 Å². The Morgan fingerprint density at radius 3 is 2.63 bits per heavy atom. The number of aromatic nitrogens is 2. The molecular formula is C21H21N3O6. The zero-order valence-electron chi connectivity index (χ0n) is 16.2. The van der Waals surface area contributed by atoms with Gasteiger partial charge in [-0.2, -0.15) is 0 Å². The van der Waals surface area contributed by atoms with Crippen LogP contribution in [0.4, 0.5) is 0 Å². The van der Waals surface area contributed by atoms with Crippen LogP contribution < -0.4 is 11.3 Å². The quantitative estimate of drug-likeness (QED) is 0.322. The first kappa shape index (κ1) is 20.0. The predicted molar refractivity (Wildman–Crippen MR) is 108 cm³/mol. The lowest BCUT2D eigenvalue weighted by atomic mass is 9.87. The molecule has 0 saturated carbocycles. The number of hydrogen-bond acceptors (Lipinski definition) is 7. The molecular weight excluding hydrogens is 390 g/mol.